The van der Waals surface area contributed by atoms with Crippen LogP contribution in [0.1, 0.15) is 12.0 Å². The Kier molecular flexibility index (Phi) is 5.73. The summed E-state index contributed by atoms with van der Waals surface area (Å²) in [5, 5.41) is 11.2. The van der Waals surface area contributed by atoms with Crippen molar-refractivity contribution in [2.75, 3.05) is 23.9 Å². The first-order valence-electron chi connectivity index (χ1n) is 8.50. The summed E-state index contributed by atoms with van der Waals surface area (Å²) in [4.78, 5) is 13.2. The lowest BCUT2D eigenvalue weighted by Crippen LogP contribution is -2.21. The van der Waals surface area contributed by atoms with E-state index < -0.39 is 6.10 Å². The molecule has 1 aliphatic heterocycles. The maximum Gasteiger partial charge on any atom is 0.277 e. The van der Waals surface area contributed by atoms with Gasteiger partial charge >= 0.3 is 0 Å². The second-order valence-electron chi connectivity index (χ2n) is 5.81. The topological polar surface area (TPSA) is 86.5 Å². The number of hydrogen-bond donors (Lipinski definition) is 1. The predicted molar refractivity (Wildman–Crippen MR) is 107 cm³/mol. The molecular weight excluding hydrogens is 398 g/mol. The van der Waals surface area contributed by atoms with Gasteiger partial charge in [0, 0.05) is 4.90 Å². The molecule has 28 heavy (non-hydrogen) atoms. The minimum Gasteiger partial charge on any atom is -0.485 e. The number of para-hydroxylation sites is 3. The third kappa shape index (κ3) is 4.26. The molecule has 0 fully saturated rings. The lowest BCUT2D eigenvalue weighted by atomic mass is 10.2. The van der Waals surface area contributed by atoms with Crippen molar-refractivity contribution in [2.45, 2.75) is 16.2 Å². The van der Waals surface area contributed by atoms with Crippen molar-refractivity contribution < 1.29 is 18.7 Å². The van der Waals surface area contributed by atoms with Gasteiger partial charge in [-0.25, -0.2) is 0 Å². The molecular formula is C19H17N3O4S2. The average molecular weight is 415 g/mol. The van der Waals surface area contributed by atoms with E-state index in [2.05, 4.69) is 15.5 Å². The molecule has 0 saturated carbocycles. The zero-order chi connectivity index (χ0) is 19.3. The number of anilines is 1. The number of amides is 1. The van der Waals surface area contributed by atoms with Crippen LogP contribution in [0.2, 0.25) is 0 Å². The molecule has 0 spiro atoms. The maximum atomic E-state index is 12.2. The zero-order valence-electron chi connectivity index (χ0n) is 15.0. The largest absolute Gasteiger partial charge is 0.485 e. The number of rotatable bonds is 6. The van der Waals surface area contributed by atoms with Crippen LogP contribution in [0.25, 0.3) is 0 Å². The number of carbonyl (C=O) groups is 1. The molecule has 0 unspecified atom stereocenters. The predicted octanol–water partition coefficient (Wildman–Crippen LogP) is 4.03. The highest BCUT2D eigenvalue weighted by atomic mass is 32.2. The zero-order valence-corrected chi connectivity index (χ0v) is 16.6. The van der Waals surface area contributed by atoms with Crippen LogP contribution in [-0.4, -0.2) is 34.7 Å². The van der Waals surface area contributed by atoms with Crippen LogP contribution in [0.5, 0.6) is 11.5 Å². The fourth-order valence-electron chi connectivity index (χ4n) is 2.61. The Balaban J connectivity index is 1.33. The molecule has 9 heteroatoms. The van der Waals surface area contributed by atoms with E-state index in [4.69, 9.17) is 13.9 Å². The third-order valence-corrected chi connectivity index (χ3v) is 5.53. The molecule has 4 rings (SSSR count). The van der Waals surface area contributed by atoms with Gasteiger partial charge in [-0.05, 0) is 30.5 Å². The standard InChI is InChI=1S/C19H17N3O4S2/c1-27-16-9-5-2-6-12(16)20-17(23)11-28-19-22-21-18(26-19)15-10-24-13-7-3-4-8-14(13)25-15/h2-9,15H,10-11H2,1H3,(H,20,23)/t15-/m1/s1. The number of hydrogen-bond acceptors (Lipinski definition) is 8. The van der Waals surface area contributed by atoms with E-state index in [1.165, 1.54) is 11.8 Å². The first kappa shape index (κ1) is 18.7. The molecule has 3 aromatic rings. The molecule has 144 valence electrons. The number of benzene rings is 2. The lowest BCUT2D eigenvalue weighted by molar-refractivity contribution is -0.113. The van der Waals surface area contributed by atoms with Crippen LogP contribution >= 0.6 is 23.5 Å². The van der Waals surface area contributed by atoms with E-state index in [1.807, 2.05) is 54.8 Å². The maximum absolute atomic E-state index is 12.2. The first-order chi connectivity index (χ1) is 13.7. The van der Waals surface area contributed by atoms with Gasteiger partial charge in [-0.3, -0.25) is 4.79 Å². The molecule has 1 aromatic heterocycles. The molecule has 2 heterocycles. The van der Waals surface area contributed by atoms with Crippen LogP contribution in [0.4, 0.5) is 5.69 Å². The van der Waals surface area contributed by atoms with Crippen molar-refractivity contribution in [3.05, 3.63) is 54.4 Å². The molecule has 2 aromatic carbocycles. The van der Waals surface area contributed by atoms with E-state index in [1.54, 1.807) is 11.8 Å². The number of carbonyl (C=O) groups excluding carboxylic acids is 1. The highest BCUT2D eigenvalue weighted by molar-refractivity contribution is 7.99. The van der Waals surface area contributed by atoms with Gasteiger partial charge in [0.2, 0.25) is 12.0 Å². The Morgan fingerprint density at radius 1 is 1.14 bits per heavy atom. The van der Waals surface area contributed by atoms with Crippen molar-refractivity contribution in [3.8, 4) is 11.5 Å². The minimum absolute atomic E-state index is 0.141. The fourth-order valence-corrected chi connectivity index (χ4v) is 3.73. The summed E-state index contributed by atoms with van der Waals surface area (Å²) in [6, 6.07) is 15.1. The Morgan fingerprint density at radius 3 is 2.79 bits per heavy atom. The third-order valence-electron chi connectivity index (χ3n) is 3.91. The normalized spacial score (nSPS) is 15.2. The van der Waals surface area contributed by atoms with Gasteiger partial charge in [0.05, 0.1) is 11.4 Å². The van der Waals surface area contributed by atoms with Gasteiger partial charge in [0.25, 0.3) is 11.1 Å². The van der Waals surface area contributed by atoms with Gasteiger partial charge in [-0.15, -0.1) is 22.0 Å². The van der Waals surface area contributed by atoms with Crippen LogP contribution in [0, 0.1) is 0 Å². The lowest BCUT2D eigenvalue weighted by Gasteiger charge is -2.23. The van der Waals surface area contributed by atoms with Crippen LogP contribution in [-0.2, 0) is 4.79 Å². The van der Waals surface area contributed by atoms with Crippen molar-refractivity contribution >= 4 is 35.1 Å². The van der Waals surface area contributed by atoms with Gasteiger partial charge in [0.1, 0.15) is 6.61 Å². The Morgan fingerprint density at radius 2 is 1.93 bits per heavy atom. The number of aromatic nitrogens is 2. The number of ether oxygens (including phenoxy) is 2. The SMILES string of the molecule is CSc1ccccc1NC(=O)CSc1nnc([C@H]2COc3ccccc3O2)o1. The van der Waals surface area contributed by atoms with E-state index >= 15 is 0 Å². The molecule has 0 saturated heterocycles. The summed E-state index contributed by atoms with van der Waals surface area (Å²) < 4.78 is 17.1. The summed E-state index contributed by atoms with van der Waals surface area (Å²) >= 11 is 2.75. The molecule has 7 nitrogen and oxygen atoms in total. The summed E-state index contributed by atoms with van der Waals surface area (Å²) in [7, 11) is 0. The second kappa shape index (κ2) is 8.57. The van der Waals surface area contributed by atoms with E-state index in [0.29, 0.717) is 22.6 Å². The summed E-state index contributed by atoms with van der Waals surface area (Å²) in [6.45, 7) is 0.287. The van der Waals surface area contributed by atoms with Crippen LogP contribution < -0.4 is 14.8 Å². The summed E-state index contributed by atoms with van der Waals surface area (Å²) in [5.74, 6) is 1.67. The van der Waals surface area contributed by atoms with Gasteiger partial charge in [-0.1, -0.05) is 36.0 Å². The number of fused-ring (bicyclic) bond motifs is 1. The van der Waals surface area contributed by atoms with Gasteiger partial charge in [-0.2, -0.15) is 0 Å². The number of nitrogens with one attached hydrogen (secondary N) is 1. The molecule has 1 atom stereocenters. The Hall–Kier alpha value is -2.65. The Labute approximate surface area is 170 Å². The average Bonchev–Trinajstić information content (AvgIpc) is 3.21. The van der Waals surface area contributed by atoms with E-state index in [0.717, 1.165) is 10.6 Å². The van der Waals surface area contributed by atoms with Gasteiger partial charge in [0.15, 0.2) is 11.5 Å². The second-order valence-corrected chi connectivity index (χ2v) is 7.58. The first-order valence-corrected chi connectivity index (χ1v) is 10.7. The molecule has 0 aliphatic carbocycles. The number of nitrogens with zero attached hydrogens (tertiary/aromatic N) is 2. The smallest absolute Gasteiger partial charge is 0.277 e. The minimum atomic E-state index is -0.473. The Bertz CT molecular complexity index is 979. The molecule has 1 aliphatic rings. The van der Waals surface area contributed by atoms with Crippen molar-refractivity contribution in [1.82, 2.24) is 10.2 Å². The van der Waals surface area contributed by atoms with Gasteiger partial charge < -0.3 is 19.2 Å². The molecule has 1 N–H and O–H groups in total. The highest BCUT2D eigenvalue weighted by Crippen LogP contribution is 2.36. The summed E-state index contributed by atoms with van der Waals surface area (Å²) in [5.41, 5.74) is 0.790. The van der Waals surface area contributed by atoms with Crippen LogP contribution in [0.3, 0.4) is 0 Å². The monoisotopic (exact) mass is 415 g/mol. The highest BCUT2D eigenvalue weighted by Gasteiger charge is 2.27. The van der Waals surface area contributed by atoms with Crippen LogP contribution in [0.15, 0.2) is 63.1 Å². The van der Waals surface area contributed by atoms with Crippen molar-refractivity contribution in [3.63, 3.8) is 0 Å². The van der Waals surface area contributed by atoms with Crippen molar-refractivity contribution in [1.29, 1.82) is 0 Å². The van der Waals surface area contributed by atoms with E-state index in [-0.39, 0.29) is 18.3 Å². The summed E-state index contributed by atoms with van der Waals surface area (Å²) in [6.07, 6.45) is 1.49. The molecule has 1 amide bonds. The fraction of sp³-hybridized carbons (Fsp3) is 0.211. The van der Waals surface area contributed by atoms with Crippen molar-refractivity contribution in [2.24, 2.45) is 0 Å². The quantitative estimate of drug-likeness (QED) is 0.604. The molecule has 0 radical (unpaired) electrons. The number of thioether (sulfide) groups is 2. The van der Waals surface area contributed by atoms with E-state index in [9.17, 15) is 4.79 Å². The molecule has 0 bridgehead atoms.